The lowest BCUT2D eigenvalue weighted by Crippen LogP contribution is -2.25. The van der Waals surface area contributed by atoms with Crippen LogP contribution in [0.4, 0.5) is 0 Å². The molecular weight excluding hydrogens is 138 g/mol. The van der Waals surface area contributed by atoms with Crippen molar-refractivity contribution < 1.29 is 5.11 Å². The standard InChI is InChI=1S/C9H13NO/c1-2-3-10-4-7-8(5-10)9(7)6-11/h1,7-9,11H,3-6H2/t7-,8+,9?. The van der Waals surface area contributed by atoms with E-state index >= 15 is 0 Å². The van der Waals surface area contributed by atoms with E-state index in [1.165, 1.54) is 0 Å². The molecule has 1 saturated carbocycles. The Morgan fingerprint density at radius 1 is 1.45 bits per heavy atom. The molecule has 0 spiro atoms. The lowest BCUT2D eigenvalue weighted by molar-refractivity contribution is 0.230. The van der Waals surface area contributed by atoms with Crippen molar-refractivity contribution in [2.45, 2.75) is 0 Å². The molecule has 0 amide bonds. The highest BCUT2D eigenvalue weighted by molar-refractivity contribution is 5.06. The Hall–Kier alpha value is -0.520. The van der Waals surface area contributed by atoms with E-state index in [1.54, 1.807) is 0 Å². The first kappa shape index (κ1) is 7.15. The van der Waals surface area contributed by atoms with Gasteiger partial charge in [-0.25, -0.2) is 0 Å². The number of aliphatic hydroxyl groups excluding tert-OH is 1. The zero-order valence-electron chi connectivity index (χ0n) is 6.53. The number of piperidine rings is 1. The molecule has 0 bridgehead atoms. The average molecular weight is 151 g/mol. The monoisotopic (exact) mass is 151 g/mol. The SMILES string of the molecule is C#CCN1C[C@@H]2C(CO)[C@@H]2C1. The first-order valence-corrected chi connectivity index (χ1v) is 4.13. The predicted octanol–water partition coefficient (Wildman–Crippen LogP) is -0.210. The lowest BCUT2D eigenvalue weighted by atomic mass is 10.3. The van der Waals surface area contributed by atoms with Crippen LogP contribution in [0.2, 0.25) is 0 Å². The van der Waals surface area contributed by atoms with Crippen LogP contribution in [0, 0.1) is 30.1 Å². The number of hydrogen-bond acceptors (Lipinski definition) is 2. The summed E-state index contributed by atoms with van der Waals surface area (Å²) in [4.78, 5) is 2.29. The van der Waals surface area contributed by atoms with Gasteiger partial charge < -0.3 is 5.11 Å². The molecule has 1 unspecified atom stereocenters. The van der Waals surface area contributed by atoms with E-state index in [9.17, 15) is 0 Å². The van der Waals surface area contributed by atoms with Gasteiger partial charge in [-0.15, -0.1) is 6.42 Å². The van der Waals surface area contributed by atoms with Gasteiger partial charge in [0.25, 0.3) is 0 Å². The number of aliphatic hydroxyl groups is 1. The molecule has 11 heavy (non-hydrogen) atoms. The number of rotatable bonds is 2. The number of likely N-dealkylation sites (tertiary alicyclic amines) is 1. The van der Waals surface area contributed by atoms with Crippen LogP contribution < -0.4 is 0 Å². The van der Waals surface area contributed by atoms with E-state index in [1.807, 2.05) is 0 Å². The molecule has 2 nitrogen and oxygen atoms in total. The number of fused-ring (bicyclic) bond motifs is 1. The maximum Gasteiger partial charge on any atom is 0.0599 e. The maximum absolute atomic E-state index is 8.87. The zero-order chi connectivity index (χ0) is 7.84. The van der Waals surface area contributed by atoms with Gasteiger partial charge >= 0.3 is 0 Å². The Morgan fingerprint density at radius 3 is 2.55 bits per heavy atom. The number of nitrogens with zero attached hydrogens (tertiary/aromatic N) is 1. The molecule has 1 N–H and O–H groups in total. The maximum atomic E-state index is 8.87. The van der Waals surface area contributed by atoms with Crippen LogP contribution in [-0.2, 0) is 0 Å². The second kappa shape index (κ2) is 2.51. The van der Waals surface area contributed by atoms with Crippen LogP contribution in [0.5, 0.6) is 0 Å². The minimum atomic E-state index is 0.374. The normalized spacial score (nSPS) is 41.6. The van der Waals surface area contributed by atoms with Crippen molar-refractivity contribution >= 4 is 0 Å². The number of hydrogen-bond donors (Lipinski definition) is 1. The molecule has 2 heteroatoms. The molecule has 2 rings (SSSR count). The van der Waals surface area contributed by atoms with Gasteiger partial charge in [0.15, 0.2) is 0 Å². The Morgan fingerprint density at radius 2 is 2.09 bits per heavy atom. The smallest absolute Gasteiger partial charge is 0.0599 e. The topological polar surface area (TPSA) is 23.5 Å². The highest BCUT2D eigenvalue weighted by Crippen LogP contribution is 2.50. The third-order valence-electron chi connectivity index (χ3n) is 2.97. The summed E-state index contributed by atoms with van der Waals surface area (Å²) in [5.41, 5.74) is 0. The third kappa shape index (κ3) is 1.05. The van der Waals surface area contributed by atoms with Gasteiger partial charge in [-0.3, -0.25) is 4.90 Å². The molecule has 0 aromatic rings. The summed E-state index contributed by atoms with van der Waals surface area (Å²) in [6, 6.07) is 0. The second-order valence-corrected chi connectivity index (χ2v) is 3.57. The van der Waals surface area contributed by atoms with Crippen molar-refractivity contribution in [2.24, 2.45) is 17.8 Å². The van der Waals surface area contributed by atoms with E-state index in [2.05, 4.69) is 10.8 Å². The number of terminal acetylenes is 1. The fourth-order valence-corrected chi connectivity index (χ4v) is 2.27. The van der Waals surface area contributed by atoms with Crippen LogP contribution >= 0.6 is 0 Å². The highest BCUT2D eigenvalue weighted by Gasteiger charge is 2.54. The molecule has 3 atom stereocenters. The first-order chi connectivity index (χ1) is 5.36. The summed E-state index contributed by atoms with van der Waals surface area (Å²) < 4.78 is 0. The summed E-state index contributed by atoms with van der Waals surface area (Å²) in [7, 11) is 0. The van der Waals surface area contributed by atoms with Gasteiger partial charge in [0.05, 0.1) is 6.54 Å². The minimum absolute atomic E-state index is 0.374. The molecule has 2 fully saturated rings. The van der Waals surface area contributed by atoms with Gasteiger partial charge in [-0.05, 0) is 17.8 Å². The summed E-state index contributed by atoms with van der Waals surface area (Å²) in [5.74, 6) is 4.76. The minimum Gasteiger partial charge on any atom is -0.396 e. The van der Waals surface area contributed by atoms with E-state index in [0.29, 0.717) is 12.5 Å². The van der Waals surface area contributed by atoms with Crippen molar-refractivity contribution in [3.63, 3.8) is 0 Å². The van der Waals surface area contributed by atoms with Crippen molar-refractivity contribution in [3.05, 3.63) is 0 Å². The fourth-order valence-electron chi connectivity index (χ4n) is 2.27. The van der Waals surface area contributed by atoms with Crippen LogP contribution in [0.3, 0.4) is 0 Å². The summed E-state index contributed by atoms with van der Waals surface area (Å²) in [5, 5.41) is 8.87. The Balaban J connectivity index is 1.81. The largest absolute Gasteiger partial charge is 0.396 e. The zero-order valence-corrected chi connectivity index (χ0v) is 6.53. The van der Waals surface area contributed by atoms with Crippen LogP contribution in [0.1, 0.15) is 0 Å². The molecule has 2 aliphatic rings. The molecule has 1 saturated heterocycles. The Kier molecular flexibility index (Phi) is 1.63. The Labute approximate surface area is 67.2 Å². The summed E-state index contributed by atoms with van der Waals surface area (Å²) >= 11 is 0. The van der Waals surface area contributed by atoms with Crippen molar-refractivity contribution in [1.82, 2.24) is 4.90 Å². The van der Waals surface area contributed by atoms with Gasteiger partial charge in [0, 0.05) is 19.7 Å². The lowest BCUT2D eigenvalue weighted by Gasteiger charge is -2.14. The molecule has 1 aliphatic carbocycles. The summed E-state index contributed by atoms with van der Waals surface area (Å²) in [6.45, 7) is 3.38. The molecular formula is C9H13NO. The van der Waals surface area contributed by atoms with Crippen molar-refractivity contribution in [3.8, 4) is 12.3 Å². The van der Waals surface area contributed by atoms with E-state index in [-0.39, 0.29) is 0 Å². The van der Waals surface area contributed by atoms with Gasteiger partial charge in [-0.1, -0.05) is 5.92 Å². The van der Waals surface area contributed by atoms with E-state index < -0.39 is 0 Å². The highest BCUT2D eigenvalue weighted by atomic mass is 16.3. The summed E-state index contributed by atoms with van der Waals surface area (Å²) in [6.07, 6.45) is 5.19. The molecule has 0 aromatic carbocycles. The van der Waals surface area contributed by atoms with Crippen LogP contribution in [0.15, 0.2) is 0 Å². The van der Waals surface area contributed by atoms with E-state index in [4.69, 9.17) is 11.5 Å². The molecule has 0 radical (unpaired) electrons. The van der Waals surface area contributed by atoms with Crippen molar-refractivity contribution in [2.75, 3.05) is 26.2 Å². The third-order valence-corrected chi connectivity index (χ3v) is 2.97. The molecule has 1 aliphatic heterocycles. The Bertz CT molecular complexity index is 184. The fraction of sp³-hybridized carbons (Fsp3) is 0.778. The molecule has 1 heterocycles. The van der Waals surface area contributed by atoms with Crippen LogP contribution in [-0.4, -0.2) is 36.2 Å². The quantitative estimate of drug-likeness (QED) is 0.552. The van der Waals surface area contributed by atoms with Crippen molar-refractivity contribution in [1.29, 1.82) is 0 Å². The van der Waals surface area contributed by atoms with Gasteiger partial charge in [0.2, 0.25) is 0 Å². The van der Waals surface area contributed by atoms with E-state index in [0.717, 1.165) is 31.5 Å². The predicted molar refractivity (Wildman–Crippen MR) is 42.8 cm³/mol. The van der Waals surface area contributed by atoms with Crippen LogP contribution in [0.25, 0.3) is 0 Å². The molecule has 60 valence electrons. The average Bonchev–Trinajstić information content (AvgIpc) is 2.47. The second-order valence-electron chi connectivity index (χ2n) is 3.57. The first-order valence-electron chi connectivity index (χ1n) is 4.13. The van der Waals surface area contributed by atoms with Gasteiger partial charge in [0.1, 0.15) is 0 Å². The van der Waals surface area contributed by atoms with Gasteiger partial charge in [-0.2, -0.15) is 0 Å². The molecule has 0 aromatic heterocycles.